The highest BCUT2D eigenvalue weighted by Gasteiger charge is 2.40. The van der Waals surface area contributed by atoms with Gasteiger partial charge in [-0.15, -0.1) is 0 Å². The number of morpholine rings is 1. The van der Waals surface area contributed by atoms with Gasteiger partial charge in [-0.1, -0.05) is 30.3 Å². The van der Waals surface area contributed by atoms with E-state index in [1.54, 1.807) is 0 Å². The van der Waals surface area contributed by atoms with E-state index in [0.717, 1.165) is 16.8 Å². The first-order valence-electron chi connectivity index (χ1n) is 8.85. The lowest BCUT2D eigenvalue weighted by Gasteiger charge is -2.31. The van der Waals surface area contributed by atoms with Gasteiger partial charge in [-0.05, 0) is 30.1 Å². The van der Waals surface area contributed by atoms with E-state index in [9.17, 15) is 22.8 Å². The Balaban J connectivity index is 1.84. The van der Waals surface area contributed by atoms with Crippen molar-refractivity contribution in [2.24, 2.45) is 0 Å². The van der Waals surface area contributed by atoms with Gasteiger partial charge in [0, 0.05) is 18.8 Å². The molecule has 0 saturated carbocycles. The van der Waals surface area contributed by atoms with Crippen molar-refractivity contribution in [3.8, 4) is 0 Å². The molecule has 3 rings (SSSR count). The fraction of sp³-hybridized carbons (Fsp3) is 0.368. The molecule has 9 heteroatoms. The number of carbonyl (C=O) groups excluding carboxylic acids is 2. The summed E-state index contributed by atoms with van der Waals surface area (Å²) < 4.78 is 42.4. The summed E-state index contributed by atoms with van der Waals surface area (Å²) >= 11 is 0. The fourth-order valence-electron chi connectivity index (χ4n) is 3.23. The highest BCUT2D eigenvalue weighted by Crippen LogP contribution is 2.34. The van der Waals surface area contributed by atoms with Crippen LogP contribution >= 0.6 is 0 Å². The summed E-state index contributed by atoms with van der Waals surface area (Å²) in [6.07, 6.45) is -2.03. The molecular weight excluding hydrogens is 375 g/mol. The van der Waals surface area contributed by atoms with Gasteiger partial charge in [0.2, 0.25) is 0 Å². The van der Waals surface area contributed by atoms with Crippen LogP contribution in [0.5, 0.6) is 0 Å². The standard InChI is InChI=1S/C19H20F3N3O3/c20-19(21,22)17(26)24-18(27)23-15-7-6-14(12-13-4-2-1-3-5-13)16(15)25-8-10-28-11-9-25/h1-5,12H,6-11H2,(H2,23,24,26,27)/b14-12+. The first kappa shape index (κ1) is 19.9. The zero-order chi connectivity index (χ0) is 20.1. The van der Waals surface area contributed by atoms with Crippen LogP contribution in [0.25, 0.3) is 6.08 Å². The molecule has 0 atom stereocenters. The number of urea groups is 1. The van der Waals surface area contributed by atoms with Crippen LogP contribution in [0, 0.1) is 0 Å². The van der Waals surface area contributed by atoms with E-state index < -0.39 is 18.1 Å². The Morgan fingerprint density at radius 1 is 1.07 bits per heavy atom. The van der Waals surface area contributed by atoms with Gasteiger partial charge in [0.15, 0.2) is 0 Å². The molecule has 1 aliphatic heterocycles. The predicted molar refractivity (Wildman–Crippen MR) is 95.8 cm³/mol. The van der Waals surface area contributed by atoms with Gasteiger partial charge in [-0.3, -0.25) is 10.1 Å². The van der Waals surface area contributed by atoms with Crippen LogP contribution in [0.3, 0.4) is 0 Å². The number of amides is 3. The maximum atomic E-state index is 12.4. The van der Waals surface area contributed by atoms with Crippen LogP contribution in [0.1, 0.15) is 18.4 Å². The molecule has 150 valence electrons. The van der Waals surface area contributed by atoms with Crippen LogP contribution < -0.4 is 10.6 Å². The van der Waals surface area contributed by atoms with Crippen molar-refractivity contribution in [2.75, 3.05) is 26.3 Å². The minimum absolute atomic E-state index is 0.457. The lowest BCUT2D eigenvalue weighted by Crippen LogP contribution is -2.46. The SMILES string of the molecule is O=C(NC(=O)C(F)(F)F)NC1=C(N2CCOCC2)/C(=C/c2ccccc2)CC1. The summed E-state index contributed by atoms with van der Waals surface area (Å²) in [4.78, 5) is 24.9. The largest absolute Gasteiger partial charge is 0.471 e. The topological polar surface area (TPSA) is 70.7 Å². The number of allylic oxidation sites excluding steroid dienone is 2. The molecule has 2 aliphatic rings. The number of ether oxygens (including phenoxy) is 1. The maximum Gasteiger partial charge on any atom is 0.471 e. The Kier molecular flexibility index (Phi) is 6.03. The minimum Gasteiger partial charge on any atom is -0.378 e. The molecule has 0 bridgehead atoms. The van der Waals surface area contributed by atoms with E-state index in [2.05, 4.69) is 5.32 Å². The number of halogens is 3. The van der Waals surface area contributed by atoms with E-state index in [-0.39, 0.29) is 0 Å². The monoisotopic (exact) mass is 395 g/mol. The normalized spacial score (nSPS) is 19.1. The Morgan fingerprint density at radius 3 is 2.39 bits per heavy atom. The maximum absolute atomic E-state index is 12.4. The number of hydrogen-bond acceptors (Lipinski definition) is 4. The third-order valence-corrected chi connectivity index (χ3v) is 4.45. The van der Waals surface area contributed by atoms with Gasteiger partial charge in [0.25, 0.3) is 0 Å². The first-order valence-corrected chi connectivity index (χ1v) is 8.85. The van der Waals surface area contributed by atoms with E-state index in [1.807, 2.05) is 41.3 Å². The van der Waals surface area contributed by atoms with Crippen molar-refractivity contribution in [1.29, 1.82) is 0 Å². The molecule has 6 nitrogen and oxygen atoms in total. The van der Waals surface area contributed by atoms with Crippen molar-refractivity contribution in [1.82, 2.24) is 15.5 Å². The number of benzene rings is 1. The van der Waals surface area contributed by atoms with Gasteiger partial charge in [0.05, 0.1) is 18.9 Å². The second-order valence-corrected chi connectivity index (χ2v) is 6.41. The molecule has 1 fully saturated rings. The Hall–Kier alpha value is -2.81. The summed E-state index contributed by atoms with van der Waals surface area (Å²) in [5.74, 6) is -2.29. The highest BCUT2D eigenvalue weighted by molar-refractivity contribution is 5.97. The first-order chi connectivity index (χ1) is 13.3. The average Bonchev–Trinajstić information content (AvgIpc) is 3.04. The smallest absolute Gasteiger partial charge is 0.378 e. The number of nitrogens with one attached hydrogen (secondary N) is 2. The van der Waals surface area contributed by atoms with Gasteiger partial charge >= 0.3 is 18.1 Å². The molecule has 1 aromatic carbocycles. The van der Waals surface area contributed by atoms with Crippen molar-refractivity contribution >= 4 is 18.0 Å². The van der Waals surface area contributed by atoms with Crippen molar-refractivity contribution in [3.63, 3.8) is 0 Å². The summed E-state index contributed by atoms with van der Waals surface area (Å²) in [6, 6.07) is 8.44. The number of imide groups is 1. The molecule has 1 saturated heterocycles. The summed E-state index contributed by atoms with van der Waals surface area (Å²) in [6.45, 7) is 2.26. The third-order valence-electron chi connectivity index (χ3n) is 4.45. The van der Waals surface area contributed by atoms with Crippen LogP contribution in [-0.4, -0.2) is 49.3 Å². The Labute approximate surface area is 160 Å². The second kappa shape index (κ2) is 8.47. The lowest BCUT2D eigenvalue weighted by molar-refractivity contribution is -0.172. The molecule has 0 radical (unpaired) electrons. The summed E-state index contributed by atoms with van der Waals surface area (Å²) in [7, 11) is 0. The number of alkyl halides is 3. The van der Waals surface area contributed by atoms with Gasteiger partial charge in [-0.2, -0.15) is 13.2 Å². The fourth-order valence-corrected chi connectivity index (χ4v) is 3.23. The van der Waals surface area contributed by atoms with Crippen molar-refractivity contribution < 1.29 is 27.5 Å². The van der Waals surface area contributed by atoms with Crippen LogP contribution in [0.2, 0.25) is 0 Å². The lowest BCUT2D eigenvalue weighted by atomic mass is 10.1. The molecule has 0 spiro atoms. The number of carbonyl (C=O) groups is 2. The Bertz CT molecular complexity index is 798. The molecule has 0 aromatic heterocycles. The number of nitrogens with zero attached hydrogens (tertiary/aromatic N) is 1. The van der Waals surface area contributed by atoms with Crippen LogP contribution in [0.15, 0.2) is 47.3 Å². The summed E-state index contributed by atoms with van der Waals surface area (Å²) in [5, 5.41) is 3.75. The zero-order valence-corrected chi connectivity index (χ0v) is 15.0. The molecule has 28 heavy (non-hydrogen) atoms. The van der Waals surface area contributed by atoms with Crippen molar-refractivity contribution in [3.05, 3.63) is 52.9 Å². The number of rotatable bonds is 3. The Morgan fingerprint density at radius 2 is 1.75 bits per heavy atom. The van der Waals surface area contributed by atoms with Gasteiger partial charge in [0.1, 0.15) is 0 Å². The number of hydrogen-bond donors (Lipinski definition) is 2. The van der Waals surface area contributed by atoms with E-state index in [4.69, 9.17) is 4.74 Å². The quantitative estimate of drug-likeness (QED) is 0.826. The van der Waals surface area contributed by atoms with E-state index >= 15 is 0 Å². The zero-order valence-electron chi connectivity index (χ0n) is 15.0. The molecule has 2 N–H and O–H groups in total. The van der Waals surface area contributed by atoms with E-state index in [0.29, 0.717) is 44.8 Å². The van der Waals surface area contributed by atoms with Crippen LogP contribution in [0.4, 0.5) is 18.0 Å². The minimum atomic E-state index is -5.12. The highest BCUT2D eigenvalue weighted by atomic mass is 19.4. The summed E-state index contributed by atoms with van der Waals surface area (Å²) in [5.41, 5.74) is 3.24. The van der Waals surface area contributed by atoms with E-state index in [1.165, 1.54) is 5.32 Å². The second-order valence-electron chi connectivity index (χ2n) is 6.41. The molecule has 1 aromatic rings. The van der Waals surface area contributed by atoms with Gasteiger partial charge in [-0.25, -0.2) is 4.79 Å². The molecule has 3 amide bonds. The molecule has 1 aliphatic carbocycles. The van der Waals surface area contributed by atoms with Crippen LogP contribution in [-0.2, 0) is 9.53 Å². The molecule has 0 unspecified atom stereocenters. The average molecular weight is 395 g/mol. The van der Waals surface area contributed by atoms with Crippen molar-refractivity contribution in [2.45, 2.75) is 19.0 Å². The molecule has 1 heterocycles. The van der Waals surface area contributed by atoms with Gasteiger partial charge < -0.3 is 15.0 Å². The predicted octanol–water partition coefficient (Wildman–Crippen LogP) is 2.80. The third kappa shape index (κ3) is 4.92. The molecular formula is C19H20F3N3O3.